The molecule has 1 aliphatic rings. The third kappa shape index (κ3) is 3.76. The standard InChI is InChI=1S/C26H17F2N5O2/c27-19-11-22-23(12-20(19)28)32-13-15-3-1-5-17(9-15)21-7-8-24(34)33(31-21)14-16-4-2-6-18(10-16)25(35)30-26(32)29-22/h1-12H,13-14H2,(H,29,30,35). The lowest BCUT2D eigenvalue weighted by Crippen LogP contribution is -2.23. The van der Waals surface area contributed by atoms with Crippen molar-refractivity contribution in [1.82, 2.24) is 19.3 Å². The van der Waals surface area contributed by atoms with E-state index in [0.29, 0.717) is 22.3 Å². The van der Waals surface area contributed by atoms with Gasteiger partial charge in [0.25, 0.3) is 11.5 Å². The predicted octanol–water partition coefficient (Wildman–Crippen LogP) is 4.20. The van der Waals surface area contributed by atoms with Crippen LogP contribution >= 0.6 is 0 Å². The Morgan fingerprint density at radius 2 is 1.51 bits per heavy atom. The normalized spacial score (nSPS) is 13.0. The highest BCUT2D eigenvalue weighted by molar-refractivity contribution is 6.04. The van der Waals surface area contributed by atoms with Crippen molar-refractivity contribution < 1.29 is 13.6 Å². The summed E-state index contributed by atoms with van der Waals surface area (Å²) in [5.41, 5.74) is 3.57. The predicted molar refractivity (Wildman–Crippen MR) is 126 cm³/mol. The first-order valence-corrected chi connectivity index (χ1v) is 10.9. The number of nitrogens with zero attached hydrogens (tertiary/aromatic N) is 4. The molecule has 1 N–H and O–H groups in total. The Labute approximate surface area is 197 Å². The van der Waals surface area contributed by atoms with Gasteiger partial charge >= 0.3 is 0 Å². The average molecular weight is 469 g/mol. The fourth-order valence-electron chi connectivity index (χ4n) is 4.26. The lowest BCUT2D eigenvalue weighted by Gasteiger charge is -2.11. The number of aromatic nitrogens is 4. The van der Waals surface area contributed by atoms with Crippen molar-refractivity contribution in [3.8, 4) is 11.3 Å². The van der Waals surface area contributed by atoms with Crippen LogP contribution in [0.5, 0.6) is 0 Å². The molecule has 0 spiro atoms. The summed E-state index contributed by atoms with van der Waals surface area (Å²) < 4.78 is 31.0. The van der Waals surface area contributed by atoms with E-state index in [-0.39, 0.29) is 30.1 Å². The number of anilines is 1. The minimum absolute atomic E-state index is 0.163. The monoisotopic (exact) mass is 469 g/mol. The third-order valence-corrected chi connectivity index (χ3v) is 5.97. The van der Waals surface area contributed by atoms with Gasteiger partial charge in [0.2, 0.25) is 5.95 Å². The number of hydrogen-bond acceptors (Lipinski definition) is 4. The number of hydrogen-bond donors (Lipinski definition) is 1. The maximum absolute atomic E-state index is 14.1. The zero-order valence-corrected chi connectivity index (χ0v) is 18.2. The van der Waals surface area contributed by atoms with Crippen LogP contribution in [0.4, 0.5) is 14.7 Å². The van der Waals surface area contributed by atoms with Gasteiger partial charge in [0.1, 0.15) is 0 Å². The molecule has 1 aliphatic heterocycles. The van der Waals surface area contributed by atoms with Gasteiger partial charge < -0.3 is 4.57 Å². The lowest BCUT2D eigenvalue weighted by molar-refractivity contribution is 0.102. The average Bonchev–Trinajstić information content (AvgIpc) is 3.16. The molecule has 0 radical (unpaired) electrons. The molecule has 7 nitrogen and oxygen atoms in total. The van der Waals surface area contributed by atoms with E-state index in [1.165, 1.54) is 10.7 Å². The number of amides is 1. The molecule has 0 unspecified atom stereocenters. The van der Waals surface area contributed by atoms with Crippen molar-refractivity contribution in [2.24, 2.45) is 0 Å². The van der Waals surface area contributed by atoms with Crippen molar-refractivity contribution in [3.05, 3.63) is 111 Å². The molecule has 0 fully saturated rings. The second kappa shape index (κ2) is 7.98. The van der Waals surface area contributed by atoms with Gasteiger partial charge in [0.05, 0.1) is 29.8 Å². The number of fused-ring (bicyclic) bond motifs is 10. The molecule has 0 aliphatic carbocycles. The maximum Gasteiger partial charge on any atom is 0.267 e. The summed E-state index contributed by atoms with van der Waals surface area (Å²) in [7, 11) is 0. The summed E-state index contributed by atoms with van der Waals surface area (Å²) in [6.45, 7) is 0.412. The molecule has 172 valence electrons. The van der Waals surface area contributed by atoms with E-state index in [1.54, 1.807) is 34.9 Å². The van der Waals surface area contributed by atoms with Gasteiger partial charge in [0.15, 0.2) is 11.6 Å². The molecule has 3 aromatic carbocycles. The molecule has 1 amide bonds. The highest BCUT2D eigenvalue weighted by atomic mass is 19.2. The molecule has 35 heavy (non-hydrogen) atoms. The first-order chi connectivity index (χ1) is 16.9. The fourth-order valence-corrected chi connectivity index (χ4v) is 4.26. The summed E-state index contributed by atoms with van der Waals surface area (Å²) in [6, 6.07) is 19.5. The maximum atomic E-state index is 14.1. The quantitative estimate of drug-likeness (QED) is 0.369. The Balaban J connectivity index is 1.59. The van der Waals surface area contributed by atoms with Gasteiger partial charge in [-0.3, -0.25) is 14.9 Å². The van der Waals surface area contributed by atoms with Crippen molar-refractivity contribution in [2.45, 2.75) is 13.1 Å². The number of imidazole rings is 1. The molecule has 0 atom stereocenters. The smallest absolute Gasteiger partial charge is 0.267 e. The van der Waals surface area contributed by atoms with E-state index in [0.717, 1.165) is 23.3 Å². The minimum atomic E-state index is -1.02. The summed E-state index contributed by atoms with van der Waals surface area (Å²) in [5, 5.41) is 7.30. The van der Waals surface area contributed by atoms with E-state index in [1.807, 2.05) is 24.3 Å². The van der Waals surface area contributed by atoms with E-state index in [2.05, 4.69) is 15.4 Å². The van der Waals surface area contributed by atoms with Crippen LogP contribution in [0, 0.1) is 11.6 Å². The number of carbonyl (C=O) groups excluding carboxylic acids is 1. The van der Waals surface area contributed by atoms with E-state index < -0.39 is 17.5 Å². The van der Waals surface area contributed by atoms with Crippen LogP contribution in [0.25, 0.3) is 22.3 Å². The van der Waals surface area contributed by atoms with Gasteiger partial charge in [-0.1, -0.05) is 30.3 Å². The third-order valence-electron chi connectivity index (χ3n) is 5.97. The van der Waals surface area contributed by atoms with Crippen molar-refractivity contribution in [1.29, 1.82) is 0 Å². The summed E-state index contributed by atoms with van der Waals surface area (Å²) in [6.07, 6.45) is 0. The van der Waals surface area contributed by atoms with Gasteiger partial charge in [-0.2, -0.15) is 5.10 Å². The minimum Gasteiger partial charge on any atom is -0.305 e. The van der Waals surface area contributed by atoms with Gasteiger partial charge in [0, 0.05) is 29.3 Å². The van der Waals surface area contributed by atoms with Gasteiger partial charge in [-0.05, 0) is 35.4 Å². The zero-order chi connectivity index (χ0) is 24.1. The molecule has 6 rings (SSSR count). The molecule has 6 bridgehead atoms. The highest BCUT2D eigenvalue weighted by Crippen LogP contribution is 2.26. The van der Waals surface area contributed by atoms with E-state index in [4.69, 9.17) is 0 Å². The summed E-state index contributed by atoms with van der Waals surface area (Å²) in [5.74, 6) is -2.30. The first-order valence-electron chi connectivity index (χ1n) is 10.9. The van der Waals surface area contributed by atoms with Crippen LogP contribution in [0.3, 0.4) is 0 Å². The Morgan fingerprint density at radius 1 is 0.800 bits per heavy atom. The largest absolute Gasteiger partial charge is 0.305 e. The highest BCUT2D eigenvalue weighted by Gasteiger charge is 2.18. The zero-order valence-electron chi connectivity index (χ0n) is 18.2. The second-order valence-corrected chi connectivity index (χ2v) is 8.35. The van der Waals surface area contributed by atoms with Crippen LogP contribution < -0.4 is 10.9 Å². The molecule has 0 saturated carbocycles. The second-order valence-electron chi connectivity index (χ2n) is 8.35. The number of halogens is 2. The molecule has 3 heterocycles. The molecule has 0 saturated heterocycles. The van der Waals surface area contributed by atoms with Crippen molar-refractivity contribution in [3.63, 3.8) is 0 Å². The van der Waals surface area contributed by atoms with Crippen LogP contribution in [-0.4, -0.2) is 25.2 Å². The Kier molecular flexibility index (Phi) is 4.77. The molecule has 2 aromatic heterocycles. The summed E-state index contributed by atoms with van der Waals surface area (Å²) >= 11 is 0. The fraction of sp³-hybridized carbons (Fsp3) is 0.0769. The van der Waals surface area contributed by atoms with Crippen LogP contribution in [-0.2, 0) is 13.1 Å². The lowest BCUT2D eigenvalue weighted by atomic mass is 10.1. The number of carbonyl (C=O) groups is 1. The van der Waals surface area contributed by atoms with Crippen LogP contribution in [0.2, 0.25) is 0 Å². The van der Waals surface area contributed by atoms with Crippen LogP contribution in [0.15, 0.2) is 77.6 Å². The molecule has 5 aromatic rings. The SMILES string of the molecule is O=C1Nc2nc3cc(F)c(F)cc3n2Cc2cccc(c2)-c2ccc(=O)n(n2)Cc2cccc1c2. The van der Waals surface area contributed by atoms with E-state index in [9.17, 15) is 18.4 Å². The van der Waals surface area contributed by atoms with Crippen molar-refractivity contribution >= 4 is 22.9 Å². The number of benzene rings is 3. The Hall–Kier alpha value is -4.66. The molecule has 9 heteroatoms. The van der Waals surface area contributed by atoms with E-state index >= 15 is 0 Å². The number of nitrogens with one attached hydrogen (secondary N) is 1. The number of rotatable bonds is 0. The van der Waals surface area contributed by atoms with Crippen molar-refractivity contribution in [2.75, 3.05) is 5.32 Å². The first kappa shape index (κ1) is 20.9. The molecular weight excluding hydrogens is 452 g/mol. The molecular formula is C26H17F2N5O2. The summed E-state index contributed by atoms with van der Waals surface area (Å²) in [4.78, 5) is 29.9. The Bertz CT molecular complexity index is 1710. The topological polar surface area (TPSA) is 81.8 Å². The van der Waals surface area contributed by atoms with Gasteiger partial charge in [-0.15, -0.1) is 0 Å². The van der Waals surface area contributed by atoms with Gasteiger partial charge in [-0.25, -0.2) is 18.4 Å². The van der Waals surface area contributed by atoms with Crippen LogP contribution in [0.1, 0.15) is 21.5 Å². The Morgan fingerprint density at radius 3 is 2.34 bits per heavy atom.